The standard InChI is InChI=1S/C15H22N2O4/c1-5-10(2)21-12-8-6-7-11(9-12)16-14(20)17-15(3,4)13(18)19/h6-10H,5H2,1-4H3,(H,18,19)(H2,16,17,20). The molecule has 21 heavy (non-hydrogen) atoms. The number of carbonyl (C=O) groups is 2. The van der Waals surface area contributed by atoms with Crippen LogP contribution < -0.4 is 15.4 Å². The summed E-state index contributed by atoms with van der Waals surface area (Å²) in [6.07, 6.45) is 0.963. The van der Waals surface area contributed by atoms with Crippen LogP contribution in [0, 0.1) is 0 Å². The lowest BCUT2D eigenvalue weighted by Gasteiger charge is -2.21. The zero-order chi connectivity index (χ0) is 16.0. The van der Waals surface area contributed by atoms with Crippen LogP contribution >= 0.6 is 0 Å². The van der Waals surface area contributed by atoms with Crippen LogP contribution in [-0.4, -0.2) is 28.7 Å². The van der Waals surface area contributed by atoms with Crippen LogP contribution in [0.15, 0.2) is 24.3 Å². The van der Waals surface area contributed by atoms with E-state index in [1.165, 1.54) is 13.8 Å². The van der Waals surface area contributed by atoms with Crippen molar-refractivity contribution in [3.8, 4) is 5.75 Å². The Kier molecular flexibility index (Phi) is 5.58. The number of urea groups is 1. The molecular weight excluding hydrogens is 272 g/mol. The SMILES string of the molecule is CCC(C)Oc1cccc(NC(=O)NC(C)(C)C(=O)O)c1. The number of aliphatic carboxylic acids is 1. The van der Waals surface area contributed by atoms with Gasteiger partial charge in [-0.05, 0) is 39.3 Å². The highest BCUT2D eigenvalue weighted by molar-refractivity contribution is 5.93. The van der Waals surface area contributed by atoms with E-state index in [0.717, 1.165) is 6.42 Å². The second kappa shape index (κ2) is 6.97. The lowest BCUT2D eigenvalue weighted by atomic mass is 10.1. The Morgan fingerprint density at radius 3 is 2.62 bits per heavy atom. The summed E-state index contributed by atoms with van der Waals surface area (Å²) < 4.78 is 5.66. The Labute approximate surface area is 124 Å². The van der Waals surface area contributed by atoms with E-state index >= 15 is 0 Å². The highest BCUT2D eigenvalue weighted by Gasteiger charge is 2.28. The largest absolute Gasteiger partial charge is 0.491 e. The predicted molar refractivity (Wildman–Crippen MR) is 80.7 cm³/mol. The molecule has 1 unspecified atom stereocenters. The number of nitrogens with one attached hydrogen (secondary N) is 2. The summed E-state index contributed by atoms with van der Waals surface area (Å²) in [7, 11) is 0. The highest BCUT2D eigenvalue weighted by Crippen LogP contribution is 2.19. The summed E-state index contributed by atoms with van der Waals surface area (Å²) in [6, 6.07) is 6.38. The first-order valence-electron chi connectivity index (χ1n) is 6.84. The average molecular weight is 294 g/mol. The van der Waals surface area contributed by atoms with Gasteiger partial charge in [-0.3, -0.25) is 0 Å². The maximum Gasteiger partial charge on any atom is 0.328 e. The smallest absolute Gasteiger partial charge is 0.328 e. The molecule has 1 rings (SSSR count). The van der Waals surface area contributed by atoms with Gasteiger partial charge in [-0.25, -0.2) is 9.59 Å². The lowest BCUT2D eigenvalue weighted by Crippen LogP contribution is -2.51. The van der Waals surface area contributed by atoms with Crippen molar-refractivity contribution >= 4 is 17.7 Å². The maximum atomic E-state index is 11.8. The fraction of sp³-hybridized carbons (Fsp3) is 0.467. The van der Waals surface area contributed by atoms with Crippen LogP contribution in [0.4, 0.5) is 10.5 Å². The van der Waals surface area contributed by atoms with Crippen molar-refractivity contribution in [1.82, 2.24) is 5.32 Å². The first kappa shape index (κ1) is 16.8. The molecular formula is C15H22N2O4. The van der Waals surface area contributed by atoms with Gasteiger partial charge in [-0.15, -0.1) is 0 Å². The summed E-state index contributed by atoms with van der Waals surface area (Å²) in [6.45, 7) is 6.81. The lowest BCUT2D eigenvalue weighted by molar-refractivity contribution is -0.142. The van der Waals surface area contributed by atoms with Crippen LogP contribution in [0.3, 0.4) is 0 Å². The molecule has 0 saturated heterocycles. The van der Waals surface area contributed by atoms with E-state index in [2.05, 4.69) is 10.6 Å². The van der Waals surface area contributed by atoms with Crippen molar-refractivity contribution in [1.29, 1.82) is 0 Å². The minimum absolute atomic E-state index is 0.0834. The van der Waals surface area contributed by atoms with E-state index in [9.17, 15) is 9.59 Å². The summed E-state index contributed by atoms with van der Waals surface area (Å²) in [5.74, 6) is -0.453. The fourth-order valence-corrected chi connectivity index (χ4v) is 1.46. The normalized spacial score (nSPS) is 12.4. The van der Waals surface area contributed by atoms with Gasteiger partial charge in [0.05, 0.1) is 6.10 Å². The van der Waals surface area contributed by atoms with Gasteiger partial charge in [0.1, 0.15) is 11.3 Å². The molecule has 1 aromatic rings. The molecule has 2 amide bonds. The Balaban J connectivity index is 2.68. The van der Waals surface area contributed by atoms with Crippen molar-refractivity contribution < 1.29 is 19.4 Å². The minimum Gasteiger partial charge on any atom is -0.491 e. The molecule has 0 fully saturated rings. The summed E-state index contributed by atoms with van der Waals surface area (Å²) in [5.41, 5.74) is -0.802. The second-order valence-electron chi connectivity index (χ2n) is 5.37. The first-order valence-corrected chi connectivity index (χ1v) is 6.84. The van der Waals surface area contributed by atoms with Crippen molar-refractivity contribution in [2.75, 3.05) is 5.32 Å². The number of hydrogen-bond donors (Lipinski definition) is 3. The summed E-state index contributed by atoms with van der Waals surface area (Å²) >= 11 is 0. The van der Waals surface area contributed by atoms with Gasteiger partial charge in [0.25, 0.3) is 0 Å². The quantitative estimate of drug-likeness (QED) is 0.753. The number of rotatable bonds is 6. The molecule has 0 heterocycles. The number of hydrogen-bond acceptors (Lipinski definition) is 3. The van der Waals surface area contributed by atoms with E-state index < -0.39 is 17.5 Å². The number of anilines is 1. The molecule has 0 aromatic heterocycles. The molecule has 1 aromatic carbocycles. The zero-order valence-corrected chi connectivity index (χ0v) is 12.8. The van der Waals surface area contributed by atoms with E-state index in [0.29, 0.717) is 11.4 Å². The monoisotopic (exact) mass is 294 g/mol. The summed E-state index contributed by atoms with van der Waals surface area (Å²) in [5, 5.41) is 13.9. The van der Waals surface area contributed by atoms with Gasteiger partial charge in [0.2, 0.25) is 0 Å². The molecule has 0 aliphatic heterocycles. The highest BCUT2D eigenvalue weighted by atomic mass is 16.5. The van der Waals surface area contributed by atoms with Gasteiger partial charge >= 0.3 is 12.0 Å². The van der Waals surface area contributed by atoms with Crippen LogP contribution in [0.2, 0.25) is 0 Å². The number of ether oxygens (including phenoxy) is 1. The third kappa shape index (κ3) is 5.33. The van der Waals surface area contributed by atoms with E-state index in [-0.39, 0.29) is 6.10 Å². The molecule has 6 nitrogen and oxygen atoms in total. The average Bonchev–Trinajstić information content (AvgIpc) is 2.37. The molecule has 116 valence electrons. The van der Waals surface area contributed by atoms with Crippen molar-refractivity contribution in [2.24, 2.45) is 0 Å². The third-order valence-electron chi connectivity index (χ3n) is 2.96. The third-order valence-corrected chi connectivity index (χ3v) is 2.96. The number of carbonyl (C=O) groups excluding carboxylic acids is 1. The maximum absolute atomic E-state index is 11.8. The van der Waals surface area contributed by atoms with Crippen LogP contribution in [0.5, 0.6) is 5.75 Å². The first-order chi connectivity index (χ1) is 9.74. The molecule has 3 N–H and O–H groups in total. The molecule has 0 aliphatic carbocycles. The number of carboxylic acids is 1. The van der Waals surface area contributed by atoms with Crippen molar-refractivity contribution in [3.63, 3.8) is 0 Å². The van der Waals surface area contributed by atoms with Crippen molar-refractivity contribution in [3.05, 3.63) is 24.3 Å². The fourth-order valence-electron chi connectivity index (χ4n) is 1.46. The van der Waals surface area contributed by atoms with Crippen LogP contribution in [-0.2, 0) is 4.79 Å². The number of amides is 2. The van der Waals surface area contributed by atoms with E-state index in [4.69, 9.17) is 9.84 Å². The molecule has 0 saturated carbocycles. The van der Waals surface area contributed by atoms with Crippen LogP contribution in [0.25, 0.3) is 0 Å². The molecule has 0 spiro atoms. The van der Waals surface area contributed by atoms with Gasteiger partial charge < -0.3 is 20.5 Å². The van der Waals surface area contributed by atoms with E-state index in [1.807, 2.05) is 13.8 Å². The molecule has 0 radical (unpaired) electrons. The Bertz CT molecular complexity index is 514. The Hall–Kier alpha value is -2.24. The number of benzene rings is 1. The van der Waals surface area contributed by atoms with Crippen molar-refractivity contribution in [2.45, 2.75) is 45.8 Å². The van der Waals surface area contributed by atoms with Gasteiger partial charge in [-0.2, -0.15) is 0 Å². The van der Waals surface area contributed by atoms with Gasteiger partial charge in [-0.1, -0.05) is 13.0 Å². The van der Waals surface area contributed by atoms with Gasteiger partial charge in [0.15, 0.2) is 0 Å². The minimum atomic E-state index is -1.34. The van der Waals surface area contributed by atoms with E-state index in [1.54, 1.807) is 24.3 Å². The van der Waals surface area contributed by atoms with Gasteiger partial charge in [0, 0.05) is 11.8 Å². The Morgan fingerprint density at radius 1 is 1.38 bits per heavy atom. The Morgan fingerprint density at radius 2 is 2.05 bits per heavy atom. The molecule has 0 aliphatic rings. The van der Waals surface area contributed by atoms with Crippen LogP contribution in [0.1, 0.15) is 34.1 Å². The number of carboxylic acid groups (broad SMARTS) is 1. The predicted octanol–water partition coefficient (Wildman–Crippen LogP) is 2.85. The summed E-state index contributed by atoms with van der Waals surface area (Å²) in [4.78, 5) is 22.8. The molecule has 0 bridgehead atoms. The molecule has 1 atom stereocenters. The molecule has 6 heteroatoms. The topological polar surface area (TPSA) is 87.7 Å². The zero-order valence-electron chi connectivity index (χ0n) is 12.8. The second-order valence-corrected chi connectivity index (χ2v) is 5.37.